The molecule has 3 aromatic rings. The van der Waals surface area contributed by atoms with E-state index in [1.165, 1.54) is 0 Å². The third kappa shape index (κ3) is 3.43. The molecule has 0 bridgehead atoms. The minimum Gasteiger partial charge on any atom is -0.361 e. The molecule has 0 radical (unpaired) electrons. The molecule has 1 aromatic carbocycles. The molecule has 2 amide bonds. The van der Waals surface area contributed by atoms with Crippen molar-refractivity contribution < 1.29 is 9.42 Å². The van der Waals surface area contributed by atoms with E-state index in [1.54, 1.807) is 6.07 Å². The highest BCUT2D eigenvalue weighted by Crippen LogP contribution is 2.21. The Morgan fingerprint density at radius 3 is 2.75 bits per heavy atom. The van der Waals surface area contributed by atoms with Crippen molar-refractivity contribution >= 4 is 28.6 Å². The highest BCUT2D eigenvalue weighted by Gasteiger charge is 2.10. The van der Waals surface area contributed by atoms with Gasteiger partial charge >= 0.3 is 6.03 Å². The quantitative estimate of drug-likeness (QED) is 0.764. The van der Waals surface area contributed by atoms with Crippen LogP contribution in [-0.2, 0) is 6.54 Å². The van der Waals surface area contributed by atoms with Crippen molar-refractivity contribution in [3.8, 4) is 0 Å². The summed E-state index contributed by atoms with van der Waals surface area (Å²) in [6, 6.07) is 8.88. The minimum absolute atomic E-state index is 0.304. The van der Waals surface area contributed by atoms with Crippen molar-refractivity contribution in [3.63, 3.8) is 0 Å². The van der Waals surface area contributed by atoms with Crippen molar-refractivity contribution in [1.29, 1.82) is 0 Å². The largest absolute Gasteiger partial charge is 0.361 e. The predicted octanol–water partition coefficient (Wildman–Crippen LogP) is 2.31. The summed E-state index contributed by atoms with van der Waals surface area (Å²) < 4.78 is 4.66. The van der Waals surface area contributed by atoms with Gasteiger partial charge < -0.3 is 15.5 Å². The van der Waals surface area contributed by atoms with Crippen LogP contribution in [0.5, 0.6) is 0 Å². The third-order valence-corrected chi connectivity index (χ3v) is 3.46. The Morgan fingerprint density at radius 1 is 1.17 bits per heavy atom. The van der Waals surface area contributed by atoms with E-state index in [-0.39, 0.29) is 6.03 Å². The molecule has 2 aromatic heterocycles. The van der Waals surface area contributed by atoms with Gasteiger partial charge in [0, 0.05) is 26.3 Å². The smallest absolute Gasteiger partial charge is 0.319 e. The second kappa shape index (κ2) is 6.53. The van der Waals surface area contributed by atoms with E-state index in [0.29, 0.717) is 29.1 Å². The summed E-state index contributed by atoms with van der Waals surface area (Å²) >= 11 is 0. The number of urea groups is 1. The van der Waals surface area contributed by atoms with Crippen LogP contribution in [0.4, 0.5) is 16.3 Å². The summed E-state index contributed by atoms with van der Waals surface area (Å²) in [7, 11) is 3.76. The molecule has 0 aliphatic rings. The SMILES string of the molecule is Cc1ccc(NC(=O)NCc2ccc3nonc3c2)c(N(C)C)n1. The number of fused-ring (bicyclic) bond motifs is 1. The molecule has 0 unspecified atom stereocenters. The number of carbonyl (C=O) groups excluding carboxylic acids is 1. The van der Waals surface area contributed by atoms with Crippen LogP contribution in [-0.4, -0.2) is 35.4 Å². The Labute approximate surface area is 138 Å². The van der Waals surface area contributed by atoms with Crippen LogP contribution in [0.3, 0.4) is 0 Å². The standard InChI is InChI=1S/C16H18N6O2/c1-10-4-6-13(15(18-10)22(2)3)19-16(23)17-9-11-5-7-12-14(8-11)21-24-20-12/h4-8H,9H2,1-3H3,(H2,17,19,23). The Kier molecular flexibility index (Phi) is 4.28. The first-order valence-electron chi connectivity index (χ1n) is 7.44. The van der Waals surface area contributed by atoms with Crippen LogP contribution in [0, 0.1) is 6.92 Å². The summed E-state index contributed by atoms with van der Waals surface area (Å²) in [6.45, 7) is 2.27. The fourth-order valence-electron chi connectivity index (χ4n) is 2.27. The maximum Gasteiger partial charge on any atom is 0.319 e. The third-order valence-electron chi connectivity index (χ3n) is 3.46. The zero-order chi connectivity index (χ0) is 17.1. The first-order valence-corrected chi connectivity index (χ1v) is 7.44. The lowest BCUT2D eigenvalue weighted by molar-refractivity contribution is 0.251. The maximum atomic E-state index is 12.1. The second-order valence-electron chi connectivity index (χ2n) is 5.61. The topological polar surface area (TPSA) is 96.2 Å². The Balaban J connectivity index is 1.65. The van der Waals surface area contributed by atoms with Crippen LogP contribution in [0.1, 0.15) is 11.3 Å². The molecule has 0 atom stereocenters. The number of rotatable bonds is 4. The van der Waals surface area contributed by atoms with Gasteiger partial charge in [0.05, 0.1) is 5.69 Å². The van der Waals surface area contributed by atoms with Crippen molar-refractivity contribution in [2.75, 3.05) is 24.3 Å². The average Bonchev–Trinajstić information content (AvgIpc) is 3.02. The van der Waals surface area contributed by atoms with Gasteiger partial charge in [-0.3, -0.25) is 0 Å². The van der Waals surface area contributed by atoms with Gasteiger partial charge in [-0.05, 0) is 47.1 Å². The lowest BCUT2D eigenvalue weighted by atomic mass is 10.2. The first kappa shape index (κ1) is 15.7. The Bertz CT molecular complexity index is 874. The van der Waals surface area contributed by atoms with E-state index in [2.05, 4.69) is 30.6 Å². The number of hydrogen-bond acceptors (Lipinski definition) is 6. The van der Waals surface area contributed by atoms with Crippen LogP contribution in [0.2, 0.25) is 0 Å². The molecule has 2 heterocycles. The normalized spacial score (nSPS) is 10.6. The molecular formula is C16H18N6O2. The number of anilines is 2. The van der Waals surface area contributed by atoms with Crippen molar-refractivity contribution in [2.24, 2.45) is 0 Å². The molecule has 0 aliphatic heterocycles. The fourth-order valence-corrected chi connectivity index (χ4v) is 2.27. The molecule has 124 valence electrons. The minimum atomic E-state index is -0.304. The number of nitrogens with one attached hydrogen (secondary N) is 2. The second-order valence-corrected chi connectivity index (χ2v) is 5.61. The molecule has 0 fully saturated rings. The van der Waals surface area contributed by atoms with Gasteiger partial charge in [-0.15, -0.1) is 0 Å². The van der Waals surface area contributed by atoms with Crippen LogP contribution >= 0.6 is 0 Å². The number of benzene rings is 1. The molecule has 2 N–H and O–H groups in total. The molecule has 8 heteroatoms. The predicted molar refractivity (Wildman–Crippen MR) is 91.0 cm³/mol. The zero-order valence-corrected chi connectivity index (χ0v) is 13.7. The van der Waals surface area contributed by atoms with Gasteiger partial charge in [-0.25, -0.2) is 14.4 Å². The van der Waals surface area contributed by atoms with E-state index in [9.17, 15) is 4.79 Å². The van der Waals surface area contributed by atoms with Crippen molar-refractivity contribution in [1.82, 2.24) is 20.6 Å². The van der Waals surface area contributed by atoms with E-state index in [0.717, 1.165) is 11.3 Å². The molecule has 0 aliphatic carbocycles. The summed E-state index contributed by atoms with van der Waals surface area (Å²) in [5.41, 5.74) is 3.79. The lowest BCUT2D eigenvalue weighted by Crippen LogP contribution is -2.29. The maximum absolute atomic E-state index is 12.1. The van der Waals surface area contributed by atoms with Gasteiger partial charge in [0.2, 0.25) is 0 Å². The monoisotopic (exact) mass is 326 g/mol. The molecule has 0 spiro atoms. The number of pyridine rings is 1. The summed E-state index contributed by atoms with van der Waals surface area (Å²) in [6.07, 6.45) is 0. The number of aryl methyl sites for hydroxylation is 1. The van der Waals surface area contributed by atoms with Crippen molar-refractivity contribution in [3.05, 3.63) is 41.6 Å². The molecule has 8 nitrogen and oxygen atoms in total. The van der Waals surface area contributed by atoms with Crippen LogP contribution in [0.25, 0.3) is 11.0 Å². The zero-order valence-electron chi connectivity index (χ0n) is 13.7. The van der Waals surface area contributed by atoms with E-state index in [1.807, 2.05) is 50.2 Å². The van der Waals surface area contributed by atoms with Gasteiger partial charge in [0.25, 0.3) is 0 Å². The van der Waals surface area contributed by atoms with Gasteiger partial charge in [0.15, 0.2) is 5.82 Å². The Morgan fingerprint density at radius 2 is 1.96 bits per heavy atom. The number of aromatic nitrogens is 3. The molecule has 3 rings (SSSR count). The van der Waals surface area contributed by atoms with E-state index in [4.69, 9.17) is 0 Å². The average molecular weight is 326 g/mol. The van der Waals surface area contributed by atoms with E-state index < -0.39 is 0 Å². The van der Waals surface area contributed by atoms with Gasteiger partial charge in [-0.2, -0.15) is 0 Å². The lowest BCUT2D eigenvalue weighted by Gasteiger charge is -2.17. The number of carbonyl (C=O) groups is 1. The highest BCUT2D eigenvalue weighted by molar-refractivity contribution is 5.92. The number of hydrogen-bond donors (Lipinski definition) is 2. The summed E-state index contributed by atoms with van der Waals surface area (Å²) in [5.74, 6) is 0.709. The van der Waals surface area contributed by atoms with Crippen LogP contribution in [0.15, 0.2) is 35.0 Å². The summed E-state index contributed by atoms with van der Waals surface area (Å²) in [4.78, 5) is 18.4. The fraction of sp³-hybridized carbons (Fsp3) is 0.250. The number of amides is 2. The highest BCUT2D eigenvalue weighted by atomic mass is 16.6. The first-order chi connectivity index (χ1) is 11.5. The number of nitrogens with zero attached hydrogens (tertiary/aromatic N) is 4. The Hall–Kier alpha value is -3.16. The van der Waals surface area contributed by atoms with Crippen molar-refractivity contribution in [2.45, 2.75) is 13.5 Å². The van der Waals surface area contributed by atoms with Gasteiger partial charge in [0.1, 0.15) is 11.0 Å². The molecular weight excluding hydrogens is 308 g/mol. The van der Waals surface area contributed by atoms with Gasteiger partial charge in [-0.1, -0.05) is 6.07 Å². The molecule has 0 saturated carbocycles. The summed E-state index contributed by atoms with van der Waals surface area (Å²) in [5, 5.41) is 13.2. The molecule has 0 saturated heterocycles. The molecule has 24 heavy (non-hydrogen) atoms. The van der Waals surface area contributed by atoms with Crippen LogP contribution < -0.4 is 15.5 Å². The van der Waals surface area contributed by atoms with E-state index >= 15 is 0 Å².